The van der Waals surface area contributed by atoms with Gasteiger partial charge in [0.2, 0.25) is 5.95 Å². The van der Waals surface area contributed by atoms with Gasteiger partial charge in [0.1, 0.15) is 4.70 Å². The molecule has 3 N–H and O–H groups in total. The van der Waals surface area contributed by atoms with Crippen molar-refractivity contribution in [1.82, 2.24) is 14.5 Å². The van der Waals surface area contributed by atoms with Gasteiger partial charge in [0, 0.05) is 5.41 Å². The van der Waals surface area contributed by atoms with Crippen molar-refractivity contribution in [3.8, 4) is 0 Å². The number of aromatic amines is 1. The monoisotopic (exact) mass is 430 g/mol. The van der Waals surface area contributed by atoms with Crippen LogP contribution in [0.3, 0.4) is 0 Å². The molecule has 1 aliphatic rings. The number of rotatable bonds is 4. The van der Waals surface area contributed by atoms with Crippen LogP contribution in [0, 0.1) is 5.41 Å². The molecule has 0 radical (unpaired) electrons. The summed E-state index contributed by atoms with van der Waals surface area (Å²) in [6.45, 7) is 5.82. The van der Waals surface area contributed by atoms with E-state index in [1.807, 2.05) is 20.8 Å². The highest BCUT2D eigenvalue weighted by Gasteiger charge is 2.54. The zero-order chi connectivity index (χ0) is 21.6. The third-order valence-corrected chi connectivity index (χ3v) is 6.43. The van der Waals surface area contributed by atoms with Gasteiger partial charge >= 0.3 is 10.8 Å². The third kappa shape index (κ3) is 3.21. The molecular weight excluding hydrogens is 408 g/mol. The van der Waals surface area contributed by atoms with Gasteiger partial charge < -0.3 is 15.2 Å². The molecule has 1 aromatic carbocycles. The van der Waals surface area contributed by atoms with E-state index in [1.165, 1.54) is 4.57 Å². The lowest BCUT2D eigenvalue weighted by Gasteiger charge is -2.30. The van der Waals surface area contributed by atoms with E-state index in [9.17, 15) is 14.4 Å². The molecule has 3 aromatic rings. The molecule has 0 aliphatic carbocycles. The Hall–Kier alpha value is -2.98. The van der Waals surface area contributed by atoms with Crippen LogP contribution >= 0.6 is 11.3 Å². The summed E-state index contributed by atoms with van der Waals surface area (Å²) in [5, 5.41) is 0. The van der Waals surface area contributed by atoms with Gasteiger partial charge in [0.25, 0.3) is 5.56 Å². The summed E-state index contributed by atoms with van der Waals surface area (Å²) in [5.74, 6) is -0.627. The fraction of sp³-hybridized carbons (Fsp3) is 0.400. The van der Waals surface area contributed by atoms with Crippen LogP contribution in [0.1, 0.15) is 43.8 Å². The highest BCUT2D eigenvalue weighted by atomic mass is 32.1. The van der Waals surface area contributed by atoms with E-state index in [0.29, 0.717) is 12.0 Å². The number of anilines is 1. The maximum Gasteiger partial charge on any atom is 0.338 e. The van der Waals surface area contributed by atoms with Crippen LogP contribution in [-0.4, -0.2) is 32.7 Å². The number of ether oxygens (including phenoxy) is 2. The predicted molar refractivity (Wildman–Crippen MR) is 113 cm³/mol. The number of nitrogens with two attached hydrogens (primary N) is 1. The molecule has 0 saturated carbocycles. The minimum Gasteiger partial charge on any atom is -0.453 e. The van der Waals surface area contributed by atoms with Gasteiger partial charge in [-0.3, -0.25) is 19.1 Å². The fourth-order valence-electron chi connectivity index (χ4n) is 3.92. The molecule has 0 spiro atoms. The van der Waals surface area contributed by atoms with Crippen molar-refractivity contribution in [3.05, 3.63) is 55.9 Å². The van der Waals surface area contributed by atoms with E-state index < -0.39 is 34.1 Å². The second kappa shape index (κ2) is 7.37. The molecule has 0 amide bonds. The van der Waals surface area contributed by atoms with Crippen LogP contribution in [0.5, 0.6) is 0 Å². The van der Waals surface area contributed by atoms with E-state index in [2.05, 4.69) is 9.97 Å². The van der Waals surface area contributed by atoms with Gasteiger partial charge in [0.15, 0.2) is 18.0 Å². The van der Waals surface area contributed by atoms with Crippen LogP contribution in [0.2, 0.25) is 0 Å². The Bertz CT molecular complexity index is 1210. The van der Waals surface area contributed by atoms with Gasteiger partial charge in [0.05, 0.1) is 11.7 Å². The molecule has 30 heavy (non-hydrogen) atoms. The van der Waals surface area contributed by atoms with Crippen molar-refractivity contribution in [2.24, 2.45) is 5.41 Å². The van der Waals surface area contributed by atoms with Gasteiger partial charge in [-0.15, -0.1) is 0 Å². The normalized spacial score (nSPS) is 23.0. The Kier molecular flexibility index (Phi) is 4.99. The summed E-state index contributed by atoms with van der Waals surface area (Å²) in [4.78, 5) is 44.0. The summed E-state index contributed by atoms with van der Waals surface area (Å²) in [5.41, 5.74) is 5.12. The topological polar surface area (TPSA) is 129 Å². The number of benzene rings is 1. The summed E-state index contributed by atoms with van der Waals surface area (Å²) < 4.78 is 13.5. The number of H-pyrrole nitrogens is 1. The summed E-state index contributed by atoms with van der Waals surface area (Å²) in [6, 6.07) is 8.61. The van der Waals surface area contributed by atoms with Crippen molar-refractivity contribution in [3.63, 3.8) is 0 Å². The Balaban J connectivity index is 1.82. The van der Waals surface area contributed by atoms with Gasteiger partial charge in [-0.05, 0) is 18.6 Å². The zero-order valence-electron chi connectivity index (χ0n) is 16.7. The number of hydrogen-bond donors (Lipinski definition) is 2. The first-order valence-electron chi connectivity index (χ1n) is 9.56. The van der Waals surface area contributed by atoms with Gasteiger partial charge in [-0.2, -0.15) is 4.98 Å². The number of carbonyl (C=O) groups excluding carboxylic acids is 1. The SMILES string of the molecule is CC[C@H]1O[C@@H](n2c(=O)sc3c(=O)[nH]c(N)nc32)[C@H](OC(=O)c2ccccc2)C1(C)C. The van der Waals surface area contributed by atoms with Crippen molar-refractivity contribution in [2.45, 2.75) is 45.6 Å². The fourth-order valence-corrected chi connectivity index (χ4v) is 4.76. The molecule has 2 aromatic heterocycles. The Morgan fingerprint density at radius 3 is 2.70 bits per heavy atom. The lowest BCUT2D eigenvalue weighted by Crippen LogP contribution is -2.39. The van der Waals surface area contributed by atoms with Crippen LogP contribution < -0.4 is 16.2 Å². The molecule has 1 aliphatic heterocycles. The number of carbonyl (C=O) groups is 1. The maximum atomic E-state index is 12.8. The highest BCUT2D eigenvalue weighted by molar-refractivity contribution is 7.16. The third-order valence-electron chi connectivity index (χ3n) is 5.49. The lowest BCUT2D eigenvalue weighted by molar-refractivity contribution is -0.0483. The van der Waals surface area contributed by atoms with E-state index >= 15 is 0 Å². The molecule has 0 unspecified atom stereocenters. The molecule has 3 heterocycles. The average Bonchev–Trinajstić information content (AvgIpc) is 3.15. The van der Waals surface area contributed by atoms with Crippen LogP contribution in [-0.2, 0) is 9.47 Å². The number of nitrogen functional groups attached to an aromatic ring is 1. The minimum absolute atomic E-state index is 0.110. The molecule has 158 valence electrons. The van der Waals surface area contributed by atoms with Crippen molar-refractivity contribution < 1.29 is 14.3 Å². The van der Waals surface area contributed by atoms with Crippen molar-refractivity contribution in [1.29, 1.82) is 0 Å². The van der Waals surface area contributed by atoms with E-state index in [0.717, 1.165) is 11.3 Å². The average molecular weight is 430 g/mol. The number of nitrogens with one attached hydrogen (secondary N) is 1. The first-order chi connectivity index (χ1) is 14.2. The first kappa shape index (κ1) is 20.3. The summed E-state index contributed by atoms with van der Waals surface area (Å²) >= 11 is 0.752. The number of fused-ring (bicyclic) bond motifs is 1. The number of nitrogens with zero attached hydrogens (tertiary/aromatic N) is 2. The van der Waals surface area contributed by atoms with Gasteiger partial charge in [-0.25, -0.2) is 4.79 Å². The molecule has 4 rings (SSSR count). The largest absolute Gasteiger partial charge is 0.453 e. The van der Waals surface area contributed by atoms with Crippen LogP contribution in [0.25, 0.3) is 10.3 Å². The molecule has 0 bridgehead atoms. The Labute approximate surface area is 175 Å². The van der Waals surface area contributed by atoms with Crippen molar-refractivity contribution in [2.75, 3.05) is 5.73 Å². The highest BCUT2D eigenvalue weighted by Crippen LogP contribution is 2.46. The number of thiazole rings is 1. The predicted octanol–water partition coefficient (Wildman–Crippen LogP) is 2.29. The summed E-state index contributed by atoms with van der Waals surface area (Å²) in [7, 11) is 0. The van der Waals surface area contributed by atoms with E-state index in [1.54, 1.807) is 30.3 Å². The smallest absolute Gasteiger partial charge is 0.338 e. The van der Waals surface area contributed by atoms with E-state index in [-0.39, 0.29) is 22.4 Å². The van der Waals surface area contributed by atoms with E-state index in [4.69, 9.17) is 15.2 Å². The minimum atomic E-state index is -0.937. The second-order valence-corrected chi connectivity index (χ2v) is 8.74. The molecular formula is C20H22N4O5S. The maximum absolute atomic E-state index is 12.8. The quantitative estimate of drug-likeness (QED) is 0.608. The molecule has 1 fully saturated rings. The number of aromatic nitrogens is 3. The van der Waals surface area contributed by atoms with Crippen molar-refractivity contribution >= 4 is 33.6 Å². The molecule has 10 heteroatoms. The van der Waals surface area contributed by atoms with Crippen LogP contribution in [0.15, 0.2) is 39.9 Å². The Morgan fingerprint density at radius 2 is 2.03 bits per heavy atom. The number of esters is 1. The van der Waals surface area contributed by atoms with Gasteiger partial charge in [-0.1, -0.05) is 50.3 Å². The first-order valence-corrected chi connectivity index (χ1v) is 10.4. The molecule has 9 nitrogen and oxygen atoms in total. The number of hydrogen-bond acceptors (Lipinski definition) is 8. The molecule has 1 saturated heterocycles. The summed E-state index contributed by atoms with van der Waals surface area (Å²) in [6.07, 6.45) is -1.35. The second-order valence-electron chi connectivity index (χ2n) is 7.78. The zero-order valence-corrected chi connectivity index (χ0v) is 17.6. The Morgan fingerprint density at radius 1 is 1.33 bits per heavy atom. The lowest BCUT2D eigenvalue weighted by atomic mass is 9.81. The standard InChI is InChI=1S/C20H22N4O5S/c1-4-11-20(2,3)13(29-17(26)10-8-6-5-7-9-10)16(28-11)24-14-12(30-19(24)27)15(25)23-18(21)22-14/h5-9,11,13,16H,4H2,1-3H3,(H3,21,22,23,25)/t11-,13+,16-/m1/s1. The van der Waals surface area contributed by atoms with Crippen LogP contribution in [0.4, 0.5) is 5.95 Å². The molecule has 3 atom stereocenters.